The molecule has 6 heteroatoms. The van der Waals surface area contributed by atoms with E-state index in [1.165, 1.54) is 12.3 Å². The van der Waals surface area contributed by atoms with Gasteiger partial charge in [0.15, 0.2) is 0 Å². The van der Waals surface area contributed by atoms with Crippen LogP contribution in [0.5, 0.6) is 0 Å². The minimum absolute atomic E-state index is 0.0958. The van der Waals surface area contributed by atoms with Crippen LogP contribution in [0.3, 0.4) is 0 Å². The van der Waals surface area contributed by atoms with Crippen molar-refractivity contribution >= 4 is 17.5 Å². The lowest BCUT2D eigenvalue weighted by Gasteiger charge is -2.35. The molecule has 2 heterocycles. The summed E-state index contributed by atoms with van der Waals surface area (Å²) in [5.41, 5.74) is 6.15. The van der Waals surface area contributed by atoms with Crippen molar-refractivity contribution in [1.29, 1.82) is 0 Å². The molecule has 0 aliphatic carbocycles. The number of carbonyl (C=O) groups is 1. The maximum atomic E-state index is 11.0. The minimum Gasteiger partial charge on any atom is -0.478 e. The number of nitrogens with two attached hydrogens (primary N) is 1. The lowest BCUT2D eigenvalue weighted by molar-refractivity contribution is 0.0698. The van der Waals surface area contributed by atoms with Crippen LogP contribution in [0, 0.1) is 0 Å². The van der Waals surface area contributed by atoms with Gasteiger partial charge in [-0.1, -0.05) is 0 Å². The molecule has 0 bridgehead atoms. The van der Waals surface area contributed by atoms with Gasteiger partial charge < -0.3 is 21.1 Å². The smallest absolute Gasteiger partial charge is 0.337 e. The van der Waals surface area contributed by atoms with Gasteiger partial charge >= 0.3 is 5.97 Å². The van der Waals surface area contributed by atoms with Crippen LogP contribution >= 0.6 is 0 Å². The van der Waals surface area contributed by atoms with Gasteiger partial charge in [0.25, 0.3) is 0 Å². The molecule has 0 amide bonds. The van der Waals surface area contributed by atoms with Gasteiger partial charge in [-0.2, -0.15) is 0 Å². The van der Waals surface area contributed by atoms with Gasteiger partial charge in [0.05, 0.1) is 11.3 Å². The van der Waals surface area contributed by atoms with E-state index in [2.05, 4.69) is 29.2 Å². The quantitative estimate of drug-likeness (QED) is 0.761. The number of aromatic nitrogens is 1. The number of nitrogens with zero attached hydrogens (tertiary/aromatic N) is 2. The molecule has 1 aromatic rings. The SMILES string of the molecule is CC1CC(Nc2nccc(C(=O)O)c2N)CCN1C. The Bertz CT molecular complexity index is 478. The number of hydrogen-bond donors (Lipinski definition) is 3. The molecule has 0 aromatic carbocycles. The van der Waals surface area contributed by atoms with Crippen molar-refractivity contribution < 1.29 is 9.90 Å². The molecular weight excluding hydrogens is 244 g/mol. The third kappa shape index (κ3) is 2.96. The normalized spacial score (nSPS) is 24.1. The molecule has 0 spiro atoms. The highest BCUT2D eigenvalue weighted by molar-refractivity contribution is 5.96. The van der Waals surface area contributed by atoms with Gasteiger partial charge in [-0.15, -0.1) is 0 Å². The van der Waals surface area contributed by atoms with Gasteiger partial charge in [0, 0.05) is 24.8 Å². The van der Waals surface area contributed by atoms with Crippen LogP contribution in [0.2, 0.25) is 0 Å². The zero-order chi connectivity index (χ0) is 14.0. The molecule has 4 N–H and O–H groups in total. The second-order valence-corrected chi connectivity index (χ2v) is 5.12. The van der Waals surface area contributed by atoms with Gasteiger partial charge in [-0.25, -0.2) is 9.78 Å². The van der Waals surface area contributed by atoms with E-state index in [1.807, 2.05) is 0 Å². The summed E-state index contributed by atoms with van der Waals surface area (Å²) < 4.78 is 0. The summed E-state index contributed by atoms with van der Waals surface area (Å²) in [6.07, 6.45) is 3.47. The number of anilines is 2. The Labute approximate surface area is 112 Å². The predicted octanol–water partition coefficient (Wildman–Crippen LogP) is 1.26. The van der Waals surface area contributed by atoms with Crippen LogP contribution in [-0.4, -0.2) is 46.6 Å². The van der Waals surface area contributed by atoms with E-state index in [0.717, 1.165) is 19.4 Å². The van der Waals surface area contributed by atoms with E-state index in [9.17, 15) is 4.79 Å². The molecule has 0 radical (unpaired) electrons. The zero-order valence-corrected chi connectivity index (χ0v) is 11.3. The average Bonchev–Trinajstić information content (AvgIpc) is 2.36. The Morgan fingerprint density at radius 1 is 1.63 bits per heavy atom. The van der Waals surface area contributed by atoms with Crippen LogP contribution in [-0.2, 0) is 0 Å². The molecule has 1 fully saturated rings. The third-order valence-corrected chi connectivity index (χ3v) is 3.77. The van der Waals surface area contributed by atoms with Crippen molar-refractivity contribution in [2.45, 2.75) is 31.8 Å². The lowest BCUT2D eigenvalue weighted by atomic mass is 9.99. The van der Waals surface area contributed by atoms with E-state index >= 15 is 0 Å². The Hall–Kier alpha value is -1.82. The number of nitrogen functional groups attached to an aromatic ring is 1. The number of hydrogen-bond acceptors (Lipinski definition) is 5. The summed E-state index contributed by atoms with van der Waals surface area (Å²) >= 11 is 0. The van der Waals surface area contributed by atoms with Crippen LogP contribution < -0.4 is 11.1 Å². The van der Waals surface area contributed by atoms with Crippen molar-refractivity contribution in [3.63, 3.8) is 0 Å². The minimum atomic E-state index is -1.03. The Kier molecular flexibility index (Phi) is 3.90. The van der Waals surface area contributed by atoms with E-state index in [4.69, 9.17) is 10.8 Å². The van der Waals surface area contributed by atoms with E-state index in [1.54, 1.807) is 0 Å². The van der Waals surface area contributed by atoms with Crippen molar-refractivity contribution in [3.05, 3.63) is 17.8 Å². The molecule has 2 unspecified atom stereocenters. The summed E-state index contributed by atoms with van der Waals surface area (Å²) in [7, 11) is 2.11. The number of pyridine rings is 1. The maximum Gasteiger partial charge on any atom is 0.337 e. The summed E-state index contributed by atoms with van der Waals surface area (Å²) in [5.74, 6) is -0.554. The maximum absolute atomic E-state index is 11.0. The highest BCUT2D eigenvalue weighted by atomic mass is 16.4. The van der Waals surface area contributed by atoms with Crippen LogP contribution in [0.15, 0.2) is 12.3 Å². The number of likely N-dealkylation sites (tertiary alicyclic amines) is 1. The number of piperidine rings is 1. The van der Waals surface area contributed by atoms with Crippen molar-refractivity contribution in [3.8, 4) is 0 Å². The second-order valence-electron chi connectivity index (χ2n) is 5.12. The highest BCUT2D eigenvalue weighted by Gasteiger charge is 2.24. The predicted molar refractivity (Wildman–Crippen MR) is 74.3 cm³/mol. The van der Waals surface area contributed by atoms with Crippen molar-refractivity contribution in [1.82, 2.24) is 9.88 Å². The van der Waals surface area contributed by atoms with Crippen LogP contribution in [0.4, 0.5) is 11.5 Å². The summed E-state index contributed by atoms with van der Waals surface area (Å²) in [5, 5.41) is 12.3. The van der Waals surface area contributed by atoms with E-state index in [-0.39, 0.29) is 17.3 Å². The molecule has 1 saturated heterocycles. The van der Waals surface area contributed by atoms with Gasteiger partial charge in [-0.05, 0) is 32.9 Å². The first-order valence-electron chi connectivity index (χ1n) is 6.43. The molecule has 0 saturated carbocycles. The number of nitrogens with one attached hydrogen (secondary N) is 1. The lowest BCUT2D eigenvalue weighted by Crippen LogP contribution is -2.42. The summed E-state index contributed by atoms with van der Waals surface area (Å²) in [4.78, 5) is 17.5. The Morgan fingerprint density at radius 3 is 3.00 bits per heavy atom. The molecule has 6 nitrogen and oxygen atoms in total. The molecular formula is C13H20N4O2. The fourth-order valence-corrected chi connectivity index (χ4v) is 2.39. The first-order chi connectivity index (χ1) is 8.99. The van der Waals surface area contributed by atoms with Crippen molar-refractivity contribution in [2.75, 3.05) is 24.6 Å². The summed E-state index contributed by atoms with van der Waals surface area (Å²) in [6.45, 7) is 3.19. The molecule has 1 aliphatic heterocycles. The highest BCUT2D eigenvalue weighted by Crippen LogP contribution is 2.24. The fourth-order valence-electron chi connectivity index (χ4n) is 2.39. The molecule has 1 aromatic heterocycles. The van der Waals surface area contributed by atoms with Crippen LogP contribution in [0.1, 0.15) is 30.1 Å². The number of carboxylic acid groups (broad SMARTS) is 1. The van der Waals surface area contributed by atoms with Crippen molar-refractivity contribution in [2.24, 2.45) is 0 Å². The van der Waals surface area contributed by atoms with Gasteiger partial charge in [0.1, 0.15) is 5.82 Å². The largest absolute Gasteiger partial charge is 0.478 e. The third-order valence-electron chi connectivity index (χ3n) is 3.77. The topological polar surface area (TPSA) is 91.5 Å². The monoisotopic (exact) mass is 264 g/mol. The number of rotatable bonds is 3. The molecule has 19 heavy (non-hydrogen) atoms. The Morgan fingerprint density at radius 2 is 2.37 bits per heavy atom. The van der Waals surface area contributed by atoms with E-state index < -0.39 is 5.97 Å². The number of carboxylic acids is 1. The molecule has 2 atom stereocenters. The standard InChI is InChI=1S/C13H20N4O2/c1-8-7-9(4-6-17(8)2)16-12-11(14)10(13(18)19)3-5-15-12/h3,5,8-9H,4,6-7,14H2,1-2H3,(H,15,16)(H,18,19). The Balaban J connectivity index is 2.11. The number of aromatic carboxylic acids is 1. The molecule has 104 valence electrons. The average molecular weight is 264 g/mol. The molecule has 2 rings (SSSR count). The first-order valence-corrected chi connectivity index (χ1v) is 6.43. The molecule has 1 aliphatic rings. The van der Waals surface area contributed by atoms with Gasteiger partial charge in [-0.3, -0.25) is 0 Å². The fraction of sp³-hybridized carbons (Fsp3) is 0.538. The first kappa shape index (κ1) is 13.6. The second kappa shape index (κ2) is 5.44. The van der Waals surface area contributed by atoms with Gasteiger partial charge in [0.2, 0.25) is 0 Å². The van der Waals surface area contributed by atoms with Crippen LogP contribution in [0.25, 0.3) is 0 Å². The zero-order valence-electron chi connectivity index (χ0n) is 11.3. The summed E-state index contributed by atoms with van der Waals surface area (Å²) in [6, 6.07) is 2.19. The van der Waals surface area contributed by atoms with E-state index in [0.29, 0.717) is 11.9 Å².